The van der Waals surface area contributed by atoms with Crippen molar-refractivity contribution < 1.29 is 0 Å². The van der Waals surface area contributed by atoms with Crippen LogP contribution in [0.15, 0.2) is 66.1 Å². The zero-order valence-corrected chi connectivity index (χ0v) is 14.7. The fourth-order valence-electron chi connectivity index (χ4n) is 3.48. The van der Waals surface area contributed by atoms with Crippen molar-refractivity contribution in [3.63, 3.8) is 0 Å². The molecule has 0 fully saturated rings. The highest BCUT2D eigenvalue weighted by Gasteiger charge is 2.11. The minimum absolute atomic E-state index is 1.17. The fourth-order valence-corrected chi connectivity index (χ4v) is 4.10. The summed E-state index contributed by atoms with van der Waals surface area (Å²) in [5.74, 6) is 0. The number of aromatic amines is 1. The number of thioether (sulfide) groups is 1. The Morgan fingerprint density at radius 3 is 2.62 bits per heavy atom. The molecule has 3 aromatic carbocycles. The first-order valence-corrected chi connectivity index (χ1v) is 9.26. The van der Waals surface area contributed by atoms with Gasteiger partial charge in [-0.1, -0.05) is 49.1 Å². The maximum absolute atomic E-state index is 4.01. The van der Waals surface area contributed by atoms with Gasteiger partial charge >= 0.3 is 0 Å². The SMILES string of the molecule is C=Cc1c(C)[nH]c2ccc3ccc(-c4ccccc4SC)cc3c12. The van der Waals surface area contributed by atoms with E-state index in [0.717, 1.165) is 0 Å². The molecular weight excluding hydrogens is 310 g/mol. The van der Waals surface area contributed by atoms with Crippen LogP contribution >= 0.6 is 11.8 Å². The molecule has 0 saturated carbocycles. The lowest BCUT2D eigenvalue weighted by atomic mass is 9.97. The molecule has 1 N–H and O–H groups in total. The topological polar surface area (TPSA) is 15.8 Å². The second kappa shape index (κ2) is 5.88. The van der Waals surface area contributed by atoms with Crippen molar-refractivity contribution in [1.29, 1.82) is 0 Å². The number of nitrogens with one attached hydrogen (secondary N) is 1. The molecule has 0 atom stereocenters. The lowest BCUT2D eigenvalue weighted by Crippen LogP contribution is -1.84. The molecule has 4 rings (SSSR count). The highest BCUT2D eigenvalue weighted by molar-refractivity contribution is 7.98. The average Bonchev–Trinajstić information content (AvgIpc) is 2.96. The highest BCUT2D eigenvalue weighted by Crippen LogP contribution is 2.36. The van der Waals surface area contributed by atoms with E-state index in [-0.39, 0.29) is 0 Å². The minimum Gasteiger partial charge on any atom is -0.358 e. The van der Waals surface area contributed by atoms with Crippen LogP contribution in [0.3, 0.4) is 0 Å². The van der Waals surface area contributed by atoms with Crippen molar-refractivity contribution in [3.05, 3.63) is 72.4 Å². The first kappa shape index (κ1) is 15.1. The Labute approximate surface area is 146 Å². The Hall–Kier alpha value is -2.45. The van der Waals surface area contributed by atoms with Crippen LogP contribution in [0.4, 0.5) is 0 Å². The molecule has 1 aromatic heterocycles. The summed E-state index contributed by atoms with van der Waals surface area (Å²) in [6.07, 6.45) is 4.08. The van der Waals surface area contributed by atoms with Crippen LogP contribution < -0.4 is 0 Å². The predicted molar refractivity (Wildman–Crippen MR) is 108 cm³/mol. The molecule has 24 heavy (non-hydrogen) atoms. The van der Waals surface area contributed by atoms with E-state index in [9.17, 15) is 0 Å². The summed E-state index contributed by atoms with van der Waals surface area (Å²) < 4.78 is 0. The summed E-state index contributed by atoms with van der Waals surface area (Å²) >= 11 is 1.79. The van der Waals surface area contributed by atoms with Crippen molar-refractivity contribution in [1.82, 2.24) is 4.98 Å². The predicted octanol–water partition coefficient (Wildman–Crippen LogP) is 6.66. The molecule has 1 nitrogen and oxygen atoms in total. The zero-order valence-electron chi connectivity index (χ0n) is 13.9. The molecule has 0 amide bonds. The summed E-state index contributed by atoms with van der Waals surface area (Å²) in [5.41, 5.74) is 6.09. The Bertz CT molecular complexity index is 1070. The number of aryl methyl sites for hydroxylation is 1. The number of rotatable bonds is 3. The third-order valence-electron chi connectivity index (χ3n) is 4.64. The third-order valence-corrected chi connectivity index (χ3v) is 5.43. The normalized spacial score (nSPS) is 11.2. The van der Waals surface area contributed by atoms with Gasteiger partial charge in [-0.15, -0.1) is 11.8 Å². The number of aromatic nitrogens is 1. The Morgan fingerprint density at radius 2 is 1.83 bits per heavy atom. The zero-order chi connectivity index (χ0) is 16.7. The van der Waals surface area contributed by atoms with Gasteiger partial charge < -0.3 is 4.98 Å². The van der Waals surface area contributed by atoms with Crippen LogP contribution in [0, 0.1) is 6.92 Å². The summed E-state index contributed by atoms with van der Waals surface area (Å²) in [6.45, 7) is 6.11. The van der Waals surface area contributed by atoms with Crippen LogP contribution in [0.2, 0.25) is 0 Å². The minimum atomic E-state index is 1.17. The lowest BCUT2D eigenvalue weighted by molar-refractivity contribution is 1.29. The van der Waals surface area contributed by atoms with Crippen LogP contribution in [-0.2, 0) is 0 Å². The van der Waals surface area contributed by atoms with Crippen molar-refractivity contribution in [3.8, 4) is 11.1 Å². The van der Waals surface area contributed by atoms with Crippen molar-refractivity contribution in [2.24, 2.45) is 0 Å². The smallest absolute Gasteiger partial charge is 0.0468 e. The van der Waals surface area contributed by atoms with Gasteiger partial charge in [0.1, 0.15) is 0 Å². The molecule has 0 radical (unpaired) electrons. The Kier molecular flexibility index (Phi) is 3.70. The Balaban J connectivity index is 2.07. The number of benzene rings is 3. The van der Waals surface area contributed by atoms with E-state index in [1.54, 1.807) is 11.8 Å². The lowest BCUT2D eigenvalue weighted by Gasteiger charge is -2.09. The molecule has 0 aliphatic carbocycles. The number of hydrogen-bond acceptors (Lipinski definition) is 1. The second-order valence-corrected chi connectivity index (χ2v) is 6.84. The van der Waals surface area contributed by atoms with Gasteiger partial charge in [0.05, 0.1) is 0 Å². The van der Waals surface area contributed by atoms with E-state index in [4.69, 9.17) is 0 Å². The van der Waals surface area contributed by atoms with Gasteiger partial charge in [0, 0.05) is 27.1 Å². The third kappa shape index (κ3) is 2.26. The molecule has 0 saturated heterocycles. The maximum Gasteiger partial charge on any atom is 0.0468 e. The van der Waals surface area contributed by atoms with E-state index in [2.05, 4.69) is 79.3 Å². The standard InChI is InChI=1S/C22H19NS/c1-4-17-14(2)23-20-12-11-15-9-10-16(13-19(15)22(17)20)18-7-5-6-8-21(18)24-3/h4-13,23H,1H2,2-3H3. The van der Waals surface area contributed by atoms with Gasteiger partial charge in [-0.05, 0) is 53.3 Å². The summed E-state index contributed by atoms with van der Waals surface area (Å²) in [5, 5.41) is 3.80. The molecule has 4 aromatic rings. The summed E-state index contributed by atoms with van der Waals surface area (Å²) in [7, 11) is 0. The maximum atomic E-state index is 4.01. The average molecular weight is 329 g/mol. The molecule has 118 valence electrons. The number of hydrogen-bond donors (Lipinski definition) is 1. The van der Waals surface area contributed by atoms with Crippen LogP contribution in [0.5, 0.6) is 0 Å². The summed E-state index contributed by atoms with van der Waals surface area (Å²) in [4.78, 5) is 4.78. The molecule has 0 aliphatic rings. The van der Waals surface area contributed by atoms with Gasteiger partial charge in [0.15, 0.2) is 0 Å². The van der Waals surface area contributed by atoms with Crippen molar-refractivity contribution in [2.75, 3.05) is 6.26 Å². The van der Waals surface area contributed by atoms with E-state index >= 15 is 0 Å². The van der Waals surface area contributed by atoms with Crippen molar-refractivity contribution in [2.45, 2.75) is 11.8 Å². The van der Waals surface area contributed by atoms with Gasteiger partial charge in [0.2, 0.25) is 0 Å². The molecule has 0 bridgehead atoms. The highest BCUT2D eigenvalue weighted by atomic mass is 32.2. The van der Waals surface area contributed by atoms with Crippen LogP contribution in [0.25, 0.3) is 38.9 Å². The first-order chi connectivity index (χ1) is 11.7. The monoisotopic (exact) mass is 329 g/mol. The van der Waals surface area contributed by atoms with E-state index < -0.39 is 0 Å². The van der Waals surface area contributed by atoms with Crippen LogP contribution in [0.1, 0.15) is 11.3 Å². The number of H-pyrrole nitrogens is 1. The van der Waals surface area contributed by atoms with Crippen molar-refractivity contribution >= 4 is 39.5 Å². The van der Waals surface area contributed by atoms with E-state index in [0.29, 0.717) is 0 Å². The second-order valence-electron chi connectivity index (χ2n) is 5.99. The molecule has 1 heterocycles. The van der Waals surface area contributed by atoms with Gasteiger partial charge in [-0.2, -0.15) is 0 Å². The van der Waals surface area contributed by atoms with Gasteiger partial charge in [-0.3, -0.25) is 0 Å². The fraction of sp³-hybridized carbons (Fsp3) is 0.0909. The van der Waals surface area contributed by atoms with E-state index in [1.807, 2.05) is 6.08 Å². The van der Waals surface area contributed by atoms with Crippen LogP contribution in [-0.4, -0.2) is 11.2 Å². The molecule has 2 heteroatoms. The summed E-state index contributed by atoms with van der Waals surface area (Å²) in [6, 6.07) is 19.7. The van der Waals surface area contributed by atoms with Gasteiger partial charge in [-0.25, -0.2) is 0 Å². The number of fused-ring (bicyclic) bond motifs is 3. The van der Waals surface area contributed by atoms with E-state index in [1.165, 1.54) is 49.0 Å². The first-order valence-electron chi connectivity index (χ1n) is 8.04. The largest absolute Gasteiger partial charge is 0.358 e. The molecule has 0 aliphatic heterocycles. The molecule has 0 spiro atoms. The quantitative estimate of drug-likeness (QED) is 0.415. The van der Waals surface area contributed by atoms with Gasteiger partial charge in [0.25, 0.3) is 0 Å². The Morgan fingerprint density at radius 1 is 1.04 bits per heavy atom. The molecular formula is C22H19NS. The molecule has 0 unspecified atom stereocenters.